The van der Waals surface area contributed by atoms with Gasteiger partial charge in [0.25, 0.3) is 0 Å². The molecule has 0 atom stereocenters. The van der Waals surface area contributed by atoms with Gasteiger partial charge in [0, 0.05) is 11.6 Å². The summed E-state index contributed by atoms with van der Waals surface area (Å²) in [5.41, 5.74) is 7.76. The molecular formula is C16H19N3O. The molecule has 4 rings (SSSR count). The highest BCUT2D eigenvalue weighted by Gasteiger charge is 2.51. The highest BCUT2D eigenvalue weighted by molar-refractivity contribution is 5.46. The van der Waals surface area contributed by atoms with Crippen molar-refractivity contribution >= 4 is 5.69 Å². The van der Waals surface area contributed by atoms with Crippen molar-refractivity contribution < 1.29 is 4.52 Å². The molecule has 1 heterocycles. The summed E-state index contributed by atoms with van der Waals surface area (Å²) in [6, 6.07) is 8.07. The van der Waals surface area contributed by atoms with Crippen LogP contribution in [0.1, 0.15) is 61.7 Å². The summed E-state index contributed by atoms with van der Waals surface area (Å²) in [6.07, 6.45) is 7.16. The highest BCUT2D eigenvalue weighted by Crippen LogP contribution is 2.53. The topological polar surface area (TPSA) is 64.9 Å². The fourth-order valence-corrected chi connectivity index (χ4v) is 3.33. The van der Waals surface area contributed by atoms with Gasteiger partial charge >= 0.3 is 0 Å². The SMILES string of the molecule is Nc1ccc(C2(c3nc(C4CCCC4)no3)CC2)cc1. The van der Waals surface area contributed by atoms with E-state index in [1.165, 1.54) is 31.2 Å². The van der Waals surface area contributed by atoms with Crippen molar-refractivity contribution in [2.24, 2.45) is 0 Å². The lowest BCUT2D eigenvalue weighted by atomic mass is 9.95. The van der Waals surface area contributed by atoms with Crippen molar-refractivity contribution in [1.29, 1.82) is 0 Å². The zero-order valence-corrected chi connectivity index (χ0v) is 11.5. The van der Waals surface area contributed by atoms with E-state index < -0.39 is 0 Å². The van der Waals surface area contributed by atoms with Crippen LogP contribution >= 0.6 is 0 Å². The number of benzene rings is 1. The lowest BCUT2D eigenvalue weighted by Gasteiger charge is -2.10. The zero-order valence-electron chi connectivity index (χ0n) is 11.5. The monoisotopic (exact) mass is 269 g/mol. The van der Waals surface area contributed by atoms with Gasteiger partial charge in [-0.15, -0.1) is 0 Å². The summed E-state index contributed by atoms with van der Waals surface area (Å²) < 4.78 is 5.60. The number of hydrogen-bond acceptors (Lipinski definition) is 4. The summed E-state index contributed by atoms with van der Waals surface area (Å²) in [4.78, 5) is 4.72. The summed E-state index contributed by atoms with van der Waals surface area (Å²) >= 11 is 0. The summed E-state index contributed by atoms with van der Waals surface area (Å²) in [6.45, 7) is 0. The first-order valence-corrected chi connectivity index (χ1v) is 7.48. The van der Waals surface area contributed by atoms with E-state index in [0.29, 0.717) is 5.92 Å². The first kappa shape index (κ1) is 11.9. The maximum absolute atomic E-state index is 5.76. The van der Waals surface area contributed by atoms with E-state index in [2.05, 4.69) is 17.3 Å². The molecule has 0 unspecified atom stereocenters. The van der Waals surface area contributed by atoms with Crippen LogP contribution in [0.25, 0.3) is 0 Å². The molecule has 2 aliphatic rings. The van der Waals surface area contributed by atoms with Gasteiger partial charge in [-0.05, 0) is 43.4 Å². The van der Waals surface area contributed by atoms with Crippen LogP contribution in [0.5, 0.6) is 0 Å². The molecular weight excluding hydrogens is 250 g/mol. The number of aromatic nitrogens is 2. The fourth-order valence-electron chi connectivity index (χ4n) is 3.33. The molecule has 20 heavy (non-hydrogen) atoms. The quantitative estimate of drug-likeness (QED) is 0.867. The number of hydrogen-bond donors (Lipinski definition) is 1. The standard InChI is InChI=1S/C16H19N3O/c17-13-7-5-12(6-8-13)16(9-10-16)15-18-14(19-20-15)11-3-1-2-4-11/h5-8,11H,1-4,9-10,17H2. The van der Waals surface area contributed by atoms with Gasteiger partial charge in [-0.1, -0.05) is 30.1 Å². The maximum atomic E-state index is 5.76. The van der Waals surface area contributed by atoms with Crippen LogP contribution in [-0.4, -0.2) is 10.1 Å². The van der Waals surface area contributed by atoms with Gasteiger partial charge in [0.2, 0.25) is 5.89 Å². The van der Waals surface area contributed by atoms with E-state index in [4.69, 9.17) is 15.2 Å². The molecule has 0 radical (unpaired) electrons. The van der Waals surface area contributed by atoms with Gasteiger partial charge in [-0.25, -0.2) is 0 Å². The molecule has 2 N–H and O–H groups in total. The van der Waals surface area contributed by atoms with Crippen LogP contribution in [-0.2, 0) is 5.41 Å². The van der Waals surface area contributed by atoms with E-state index in [9.17, 15) is 0 Å². The third-order valence-electron chi connectivity index (χ3n) is 4.78. The van der Waals surface area contributed by atoms with E-state index >= 15 is 0 Å². The van der Waals surface area contributed by atoms with Crippen LogP contribution in [0, 0.1) is 0 Å². The van der Waals surface area contributed by atoms with E-state index in [1.807, 2.05) is 12.1 Å². The third-order valence-corrected chi connectivity index (χ3v) is 4.78. The van der Waals surface area contributed by atoms with Crippen LogP contribution in [0.2, 0.25) is 0 Å². The Morgan fingerprint density at radius 1 is 1.10 bits per heavy atom. The predicted octanol–water partition coefficient (Wildman–Crippen LogP) is 3.39. The van der Waals surface area contributed by atoms with Gasteiger partial charge in [0.05, 0.1) is 5.41 Å². The summed E-state index contributed by atoms with van der Waals surface area (Å²) in [5, 5.41) is 4.24. The number of rotatable bonds is 3. The normalized spacial score (nSPS) is 21.2. The third kappa shape index (κ3) is 1.82. The maximum Gasteiger partial charge on any atom is 0.237 e. The molecule has 1 aromatic carbocycles. The Kier molecular flexibility index (Phi) is 2.59. The molecule has 2 saturated carbocycles. The van der Waals surface area contributed by atoms with Gasteiger partial charge < -0.3 is 10.3 Å². The number of nitrogen functional groups attached to an aromatic ring is 1. The highest BCUT2D eigenvalue weighted by atomic mass is 16.5. The Morgan fingerprint density at radius 3 is 2.45 bits per heavy atom. The molecule has 0 spiro atoms. The minimum Gasteiger partial charge on any atom is -0.399 e. The van der Waals surface area contributed by atoms with Crippen LogP contribution < -0.4 is 5.73 Å². The molecule has 2 aliphatic carbocycles. The molecule has 4 heteroatoms. The van der Waals surface area contributed by atoms with Crippen LogP contribution in [0.4, 0.5) is 5.69 Å². The molecule has 104 valence electrons. The van der Waals surface area contributed by atoms with Gasteiger partial charge in [-0.3, -0.25) is 0 Å². The molecule has 0 bridgehead atoms. The summed E-state index contributed by atoms with van der Waals surface area (Å²) in [7, 11) is 0. The lowest BCUT2D eigenvalue weighted by Crippen LogP contribution is -2.09. The molecule has 0 amide bonds. The predicted molar refractivity (Wildman–Crippen MR) is 76.4 cm³/mol. The Bertz CT molecular complexity index is 607. The van der Waals surface area contributed by atoms with Crippen molar-refractivity contribution in [1.82, 2.24) is 10.1 Å². The van der Waals surface area contributed by atoms with Crippen molar-refractivity contribution in [2.75, 3.05) is 5.73 Å². The number of nitrogens with two attached hydrogens (primary N) is 1. The smallest absolute Gasteiger partial charge is 0.237 e. The van der Waals surface area contributed by atoms with Crippen LogP contribution in [0.15, 0.2) is 28.8 Å². The average molecular weight is 269 g/mol. The van der Waals surface area contributed by atoms with Crippen molar-refractivity contribution in [2.45, 2.75) is 49.9 Å². The molecule has 2 fully saturated rings. The van der Waals surface area contributed by atoms with Crippen molar-refractivity contribution in [3.63, 3.8) is 0 Å². The first-order chi connectivity index (χ1) is 9.78. The Hall–Kier alpha value is -1.84. The molecule has 0 saturated heterocycles. The van der Waals surface area contributed by atoms with E-state index in [1.54, 1.807) is 0 Å². The van der Waals surface area contributed by atoms with Gasteiger partial charge in [0.1, 0.15) is 0 Å². The minimum absolute atomic E-state index is 0.0441. The fraction of sp³-hybridized carbons (Fsp3) is 0.500. The van der Waals surface area contributed by atoms with E-state index in [0.717, 1.165) is 30.2 Å². The second kappa shape index (κ2) is 4.33. The molecule has 1 aromatic heterocycles. The van der Waals surface area contributed by atoms with Gasteiger partial charge in [0.15, 0.2) is 5.82 Å². The lowest BCUT2D eigenvalue weighted by molar-refractivity contribution is 0.353. The number of anilines is 1. The Balaban J connectivity index is 1.65. The van der Waals surface area contributed by atoms with Gasteiger partial charge in [-0.2, -0.15) is 4.98 Å². The zero-order chi connectivity index (χ0) is 13.6. The number of nitrogens with zero attached hydrogens (tertiary/aromatic N) is 2. The van der Waals surface area contributed by atoms with Crippen LogP contribution in [0.3, 0.4) is 0 Å². The molecule has 4 nitrogen and oxygen atoms in total. The van der Waals surface area contributed by atoms with Crippen molar-refractivity contribution in [3.05, 3.63) is 41.5 Å². The van der Waals surface area contributed by atoms with Crippen molar-refractivity contribution in [3.8, 4) is 0 Å². The minimum atomic E-state index is -0.0441. The van der Waals surface area contributed by atoms with E-state index in [-0.39, 0.29) is 5.41 Å². The second-order valence-electron chi connectivity index (χ2n) is 6.14. The largest absolute Gasteiger partial charge is 0.399 e. The second-order valence-corrected chi connectivity index (χ2v) is 6.14. The molecule has 2 aromatic rings. The first-order valence-electron chi connectivity index (χ1n) is 7.48. The Morgan fingerprint density at radius 2 is 1.80 bits per heavy atom. The Labute approximate surface area is 118 Å². The molecule has 0 aliphatic heterocycles. The average Bonchev–Trinajstić information content (AvgIpc) is 2.93. The summed E-state index contributed by atoms with van der Waals surface area (Å²) in [5.74, 6) is 2.22.